The van der Waals surface area contributed by atoms with E-state index in [1.165, 1.54) is 6.07 Å². The zero-order chi connectivity index (χ0) is 15.0. The maximum atomic E-state index is 11.0. The van der Waals surface area contributed by atoms with E-state index in [0.29, 0.717) is 6.61 Å². The number of aryl methyl sites for hydroxylation is 1. The van der Waals surface area contributed by atoms with E-state index in [1.807, 2.05) is 6.92 Å². The number of nitro benzene ring substituents is 1. The molecule has 0 spiro atoms. The highest BCUT2D eigenvalue weighted by Crippen LogP contribution is 2.31. The Hall–Kier alpha value is -2.41. The molecule has 1 aliphatic heterocycles. The van der Waals surface area contributed by atoms with Crippen molar-refractivity contribution >= 4 is 11.5 Å². The van der Waals surface area contributed by atoms with E-state index < -0.39 is 4.92 Å². The van der Waals surface area contributed by atoms with E-state index in [0.717, 1.165) is 41.3 Å². The molecular formula is C14H16N4O3. The standard InChI is InChI=1S/C14H16N4O3/c1-9-3-4-10(18(19)20)7-13(9)17-14-11(5-6-15-14)12(16-17)8-21-2/h3-4,7,15H,5-6,8H2,1-2H3. The van der Waals surface area contributed by atoms with Crippen LogP contribution in [0.15, 0.2) is 18.2 Å². The van der Waals surface area contributed by atoms with Gasteiger partial charge in [-0.25, -0.2) is 4.68 Å². The summed E-state index contributed by atoms with van der Waals surface area (Å²) in [7, 11) is 1.63. The molecule has 1 N–H and O–H groups in total. The summed E-state index contributed by atoms with van der Waals surface area (Å²) in [6, 6.07) is 4.80. The van der Waals surface area contributed by atoms with Crippen LogP contribution in [-0.4, -0.2) is 28.4 Å². The molecule has 0 saturated heterocycles. The van der Waals surface area contributed by atoms with Crippen molar-refractivity contribution in [2.75, 3.05) is 19.0 Å². The van der Waals surface area contributed by atoms with E-state index in [-0.39, 0.29) is 5.69 Å². The third-order valence-electron chi connectivity index (χ3n) is 3.65. The Labute approximate surface area is 121 Å². The van der Waals surface area contributed by atoms with Crippen molar-refractivity contribution in [2.24, 2.45) is 0 Å². The second kappa shape index (κ2) is 5.17. The average molecular weight is 288 g/mol. The number of anilines is 1. The van der Waals surface area contributed by atoms with Gasteiger partial charge in [0.15, 0.2) is 0 Å². The molecule has 0 saturated carbocycles. The molecule has 0 fully saturated rings. The first-order valence-corrected chi connectivity index (χ1v) is 6.71. The predicted octanol–water partition coefficient (Wildman–Crippen LogP) is 2.20. The molecule has 0 bridgehead atoms. The fourth-order valence-electron chi connectivity index (χ4n) is 2.61. The highest BCUT2D eigenvalue weighted by atomic mass is 16.6. The summed E-state index contributed by atoms with van der Waals surface area (Å²) in [5.41, 5.74) is 3.72. The van der Waals surface area contributed by atoms with Crippen LogP contribution in [-0.2, 0) is 17.8 Å². The van der Waals surface area contributed by atoms with Gasteiger partial charge in [-0.15, -0.1) is 0 Å². The Morgan fingerprint density at radius 2 is 2.33 bits per heavy atom. The monoisotopic (exact) mass is 288 g/mol. The van der Waals surface area contributed by atoms with E-state index in [9.17, 15) is 10.1 Å². The maximum Gasteiger partial charge on any atom is 0.271 e. The quantitative estimate of drug-likeness (QED) is 0.689. The van der Waals surface area contributed by atoms with Crippen LogP contribution in [0, 0.1) is 17.0 Å². The molecule has 1 aromatic heterocycles. The Bertz CT molecular complexity index is 708. The molecule has 0 atom stereocenters. The van der Waals surface area contributed by atoms with Crippen molar-refractivity contribution in [1.29, 1.82) is 0 Å². The number of methoxy groups -OCH3 is 1. The molecule has 1 aromatic carbocycles. The van der Waals surface area contributed by atoms with Gasteiger partial charge in [-0.2, -0.15) is 5.10 Å². The van der Waals surface area contributed by atoms with Gasteiger partial charge in [0.25, 0.3) is 5.69 Å². The number of nitrogens with zero attached hydrogens (tertiary/aromatic N) is 3. The summed E-state index contributed by atoms with van der Waals surface area (Å²) >= 11 is 0. The lowest BCUT2D eigenvalue weighted by molar-refractivity contribution is -0.384. The fourth-order valence-corrected chi connectivity index (χ4v) is 2.61. The Morgan fingerprint density at radius 1 is 1.52 bits per heavy atom. The molecule has 7 nitrogen and oxygen atoms in total. The first kappa shape index (κ1) is 13.6. The Balaban J connectivity index is 2.15. The summed E-state index contributed by atoms with van der Waals surface area (Å²) in [4.78, 5) is 10.6. The number of benzene rings is 1. The van der Waals surface area contributed by atoms with Crippen LogP contribution in [0.4, 0.5) is 11.5 Å². The van der Waals surface area contributed by atoms with Gasteiger partial charge >= 0.3 is 0 Å². The molecule has 3 rings (SSSR count). The van der Waals surface area contributed by atoms with Crippen molar-refractivity contribution in [1.82, 2.24) is 9.78 Å². The summed E-state index contributed by atoms with van der Waals surface area (Å²) in [5, 5.41) is 18.8. The minimum atomic E-state index is -0.393. The van der Waals surface area contributed by atoms with Crippen molar-refractivity contribution in [3.05, 3.63) is 45.1 Å². The highest BCUT2D eigenvalue weighted by molar-refractivity contribution is 5.60. The number of nitro groups is 1. The Morgan fingerprint density at radius 3 is 3.05 bits per heavy atom. The number of hydrogen-bond acceptors (Lipinski definition) is 5. The van der Waals surface area contributed by atoms with E-state index >= 15 is 0 Å². The molecule has 21 heavy (non-hydrogen) atoms. The van der Waals surface area contributed by atoms with E-state index in [2.05, 4.69) is 10.4 Å². The summed E-state index contributed by atoms with van der Waals surface area (Å²) < 4.78 is 6.93. The number of nitrogens with one attached hydrogen (secondary N) is 1. The first-order valence-electron chi connectivity index (χ1n) is 6.71. The van der Waals surface area contributed by atoms with Crippen LogP contribution in [0.25, 0.3) is 5.69 Å². The van der Waals surface area contributed by atoms with Crippen molar-refractivity contribution in [3.63, 3.8) is 0 Å². The fraction of sp³-hybridized carbons (Fsp3) is 0.357. The summed E-state index contributed by atoms with van der Waals surface area (Å²) in [5.74, 6) is 0.908. The number of non-ortho nitro benzene ring substituents is 1. The molecule has 0 radical (unpaired) electrons. The second-order valence-corrected chi connectivity index (χ2v) is 5.02. The van der Waals surface area contributed by atoms with Gasteiger partial charge < -0.3 is 10.1 Å². The molecule has 1 aliphatic rings. The van der Waals surface area contributed by atoms with Gasteiger partial charge in [-0.3, -0.25) is 10.1 Å². The zero-order valence-corrected chi connectivity index (χ0v) is 11.9. The SMILES string of the molecule is COCc1nn(-c2cc([N+](=O)[O-])ccc2C)c2c1CCN2. The lowest BCUT2D eigenvalue weighted by atomic mass is 10.2. The Kier molecular flexibility index (Phi) is 3.34. The first-order chi connectivity index (χ1) is 10.1. The van der Waals surface area contributed by atoms with Crippen LogP contribution in [0.5, 0.6) is 0 Å². The highest BCUT2D eigenvalue weighted by Gasteiger charge is 2.24. The molecule has 7 heteroatoms. The summed E-state index contributed by atoms with van der Waals surface area (Å²) in [6.07, 6.45) is 0.891. The number of ether oxygens (including phenoxy) is 1. The molecule has 0 amide bonds. The van der Waals surface area contributed by atoms with Gasteiger partial charge in [0, 0.05) is 31.4 Å². The average Bonchev–Trinajstić information content (AvgIpc) is 3.03. The minimum absolute atomic E-state index is 0.0612. The van der Waals surface area contributed by atoms with E-state index in [1.54, 1.807) is 23.9 Å². The van der Waals surface area contributed by atoms with Gasteiger partial charge in [0.2, 0.25) is 0 Å². The van der Waals surface area contributed by atoms with Crippen molar-refractivity contribution in [2.45, 2.75) is 20.0 Å². The third kappa shape index (κ3) is 2.25. The largest absolute Gasteiger partial charge is 0.378 e. The van der Waals surface area contributed by atoms with Gasteiger partial charge in [-0.05, 0) is 18.9 Å². The van der Waals surface area contributed by atoms with Gasteiger partial charge in [0.05, 0.1) is 22.9 Å². The molecular weight excluding hydrogens is 272 g/mol. The predicted molar refractivity (Wildman–Crippen MR) is 77.9 cm³/mol. The van der Waals surface area contributed by atoms with Gasteiger partial charge in [0.1, 0.15) is 5.82 Å². The van der Waals surface area contributed by atoms with Crippen LogP contribution >= 0.6 is 0 Å². The lowest BCUT2D eigenvalue weighted by Gasteiger charge is -2.09. The zero-order valence-electron chi connectivity index (χ0n) is 11.9. The molecule has 2 heterocycles. The molecule has 110 valence electrons. The normalized spacial score (nSPS) is 13.0. The van der Waals surface area contributed by atoms with Crippen LogP contribution in [0.2, 0.25) is 0 Å². The molecule has 0 aliphatic carbocycles. The van der Waals surface area contributed by atoms with Crippen molar-refractivity contribution in [3.8, 4) is 5.69 Å². The molecule has 0 unspecified atom stereocenters. The van der Waals surface area contributed by atoms with Crippen LogP contribution < -0.4 is 5.32 Å². The van der Waals surface area contributed by atoms with Crippen LogP contribution in [0.1, 0.15) is 16.8 Å². The smallest absolute Gasteiger partial charge is 0.271 e. The van der Waals surface area contributed by atoms with Gasteiger partial charge in [-0.1, -0.05) is 6.07 Å². The minimum Gasteiger partial charge on any atom is -0.378 e. The number of hydrogen-bond donors (Lipinski definition) is 1. The van der Waals surface area contributed by atoms with Crippen molar-refractivity contribution < 1.29 is 9.66 Å². The molecule has 2 aromatic rings. The number of aromatic nitrogens is 2. The second-order valence-electron chi connectivity index (χ2n) is 5.02. The number of fused-ring (bicyclic) bond motifs is 1. The topological polar surface area (TPSA) is 82.2 Å². The maximum absolute atomic E-state index is 11.0. The summed E-state index contributed by atoms with van der Waals surface area (Å²) in [6.45, 7) is 3.20. The van der Waals surface area contributed by atoms with E-state index in [4.69, 9.17) is 4.74 Å². The number of rotatable bonds is 4. The third-order valence-corrected chi connectivity index (χ3v) is 3.65. The van der Waals surface area contributed by atoms with Crippen LogP contribution in [0.3, 0.4) is 0 Å². The lowest BCUT2D eigenvalue weighted by Crippen LogP contribution is -2.07.